The Bertz CT molecular complexity index is 364. The van der Waals surface area contributed by atoms with Crippen LogP contribution < -0.4 is 0 Å². The lowest BCUT2D eigenvalue weighted by molar-refractivity contribution is 0.728. The monoisotopic (exact) mass is 193 g/mol. The molecule has 0 aromatic carbocycles. The first kappa shape index (κ1) is 8.44. The molecule has 3 nitrogen and oxygen atoms in total. The summed E-state index contributed by atoms with van der Waals surface area (Å²) in [4.78, 5) is 8.49. The third kappa shape index (κ3) is 1.78. The van der Waals surface area contributed by atoms with Crippen LogP contribution >= 0.6 is 11.3 Å². The normalized spacial score (nSPS) is 10.5. The maximum atomic E-state index is 4.26. The third-order valence-corrected chi connectivity index (χ3v) is 2.67. The van der Waals surface area contributed by atoms with Crippen LogP contribution in [0.2, 0.25) is 0 Å². The van der Waals surface area contributed by atoms with Gasteiger partial charge in [-0.2, -0.15) is 0 Å². The zero-order valence-electron chi connectivity index (χ0n) is 7.47. The van der Waals surface area contributed by atoms with Gasteiger partial charge in [-0.1, -0.05) is 6.92 Å². The van der Waals surface area contributed by atoms with Crippen LogP contribution in [0.1, 0.15) is 17.8 Å². The highest BCUT2D eigenvalue weighted by atomic mass is 32.1. The number of imidazole rings is 1. The first-order chi connectivity index (χ1) is 6.40. The minimum atomic E-state index is 0.848. The van der Waals surface area contributed by atoms with E-state index in [0.29, 0.717) is 0 Å². The van der Waals surface area contributed by atoms with E-state index in [1.54, 1.807) is 11.3 Å². The molecule has 0 aliphatic carbocycles. The van der Waals surface area contributed by atoms with E-state index in [9.17, 15) is 0 Å². The van der Waals surface area contributed by atoms with Gasteiger partial charge in [-0.15, -0.1) is 11.3 Å². The molecule has 0 amide bonds. The molecular formula is C9H11N3S. The summed E-state index contributed by atoms with van der Waals surface area (Å²) in [6, 6.07) is 0. The van der Waals surface area contributed by atoms with Crippen LogP contribution in [0.15, 0.2) is 24.0 Å². The Morgan fingerprint density at radius 3 is 3.00 bits per heavy atom. The highest BCUT2D eigenvalue weighted by Crippen LogP contribution is 2.08. The summed E-state index contributed by atoms with van der Waals surface area (Å²) < 4.78 is 2.14. The van der Waals surface area contributed by atoms with Crippen LogP contribution in [-0.4, -0.2) is 14.5 Å². The number of rotatable bonds is 3. The predicted molar refractivity (Wildman–Crippen MR) is 52.8 cm³/mol. The molecule has 2 aromatic heterocycles. The summed E-state index contributed by atoms with van der Waals surface area (Å²) in [6.45, 7) is 2.96. The zero-order chi connectivity index (χ0) is 9.10. The zero-order valence-corrected chi connectivity index (χ0v) is 8.29. The Hall–Kier alpha value is -1.16. The lowest BCUT2D eigenvalue weighted by Crippen LogP contribution is -2.02. The largest absolute Gasteiger partial charge is 0.328 e. The van der Waals surface area contributed by atoms with Gasteiger partial charge in [-0.25, -0.2) is 9.97 Å². The Balaban J connectivity index is 2.18. The molecule has 13 heavy (non-hydrogen) atoms. The van der Waals surface area contributed by atoms with Gasteiger partial charge in [-0.05, 0) is 0 Å². The molecule has 0 atom stereocenters. The predicted octanol–water partition coefficient (Wildman–Crippen LogP) is 1.95. The summed E-state index contributed by atoms with van der Waals surface area (Å²) in [6.07, 6.45) is 6.65. The van der Waals surface area contributed by atoms with E-state index in [1.807, 2.05) is 24.0 Å². The Morgan fingerprint density at radius 2 is 2.31 bits per heavy atom. The maximum Gasteiger partial charge on any atom is 0.112 e. The van der Waals surface area contributed by atoms with Crippen LogP contribution in [0, 0.1) is 0 Å². The average molecular weight is 193 g/mol. The van der Waals surface area contributed by atoms with Crippen molar-refractivity contribution in [3.8, 4) is 0 Å². The first-order valence-electron chi connectivity index (χ1n) is 4.28. The molecule has 0 radical (unpaired) electrons. The van der Waals surface area contributed by atoms with Gasteiger partial charge in [0.05, 0.1) is 6.54 Å². The average Bonchev–Trinajstić information content (AvgIpc) is 2.76. The van der Waals surface area contributed by atoms with Crippen molar-refractivity contribution in [2.45, 2.75) is 19.9 Å². The minimum Gasteiger partial charge on any atom is -0.328 e. The fourth-order valence-corrected chi connectivity index (χ4v) is 1.89. The lowest BCUT2D eigenvalue weighted by Gasteiger charge is -2.02. The molecule has 2 rings (SSSR count). The SMILES string of the molecule is CCc1nccn1Cc1nccs1. The van der Waals surface area contributed by atoms with Crippen LogP contribution in [0.3, 0.4) is 0 Å². The Morgan fingerprint density at radius 1 is 1.38 bits per heavy atom. The standard InChI is InChI=1S/C9H11N3S/c1-2-8-10-3-5-12(8)7-9-11-4-6-13-9/h3-6H,2,7H2,1H3. The van der Waals surface area contributed by atoms with E-state index in [4.69, 9.17) is 0 Å². The van der Waals surface area contributed by atoms with Crippen LogP contribution in [-0.2, 0) is 13.0 Å². The molecule has 4 heteroatoms. The molecule has 0 N–H and O–H groups in total. The number of aromatic nitrogens is 3. The lowest BCUT2D eigenvalue weighted by atomic mass is 10.4. The van der Waals surface area contributed by atoms with E-state index in [-0.39, 0.29) is 0 Å². The van der Waals surface area contributed by atoms with Gasteiger partial charge in [-0.3, -0.25) is 0 Å². The van der Waals surface area contributed by atoms with Crippen molar-refractivity contribution in [2.75, 3.05) is 0 Å². The number of aryl methyl sites for hydroxylation is 1. The molecule has 2 aromatic rings. The molecule has 0 unspecified atom stereocenters. The second kappa shape index (κ2) is 3.70. The third-order valence-electron chi connectivity index (χ3n) is 1.91. The Kier molecular flexibility index (Phi) is 2.40. The molecule has 2 heterocycles. The van der Waals surface area contributed by atoms with Crippen LogP contribution in [0.25, 0.3) is 0 Å². The highest BCUT2D eigenvalue weighted by Gasteiger charge is 2.01. The summed E-state index contributed by atoms with van der Waals surface area (Å²) in [5.74, 6) is 1.12. The number of hydrogen-bond acceptors (Lipinski definition) is 3. The van der Waals surface area contributed by atoms with Gasteiger partial charge in [0.15, 0.2) is 0 Å². The van der Waals surface area contributed by atoms with E-state index in [2.05, 4.69) is 21.5 Å². The van der Waals surface area contributed by atoms with Gasteiger partial charge in [0, 0.05) is 30.4 Å². The van der Waals surface area contributed by atoms with E-state index in [1.165, 1.54) is 0 Å². The van der Waals surface area contributed by atoms with Gasteiger partial charge in [0.1, 0.15) is 10.8 Å². The second-order valence-electron chi connectivity index (χ2n) is 2.75. The smallest absolute Gasteiger partial charge is 0.112 e. The first-order valence-corrected chi connectivity index (χ1v) is 5.16. The van der Waals surface area contributed by atoms with Crippen LogP contribution in [0.5, 0.6) is 0 Å². The molecule has 68 valence electrons. The number of thiazole rings is 1. The van der Waals surface area contributed by atoms with E-state index >= 15 is 0 Å². The van der Waals surface area contributed by atoms with Crippen molar-refractivity contribution in [1.82, 2.24) is 14.5 Å². The van der Waals surface area contributed by atoms with Crippen LogP contribution in [0.4, 0.5) is 0 Å². The van der Waals surface area contributed by atoms with Gasteiger partial charge >= 0.3 is 0 Å². The Labute approximate surface area is 81.1 Å². The van der Waals surface area contributed by atoms with Gasteiger partial charge in [0.25, 0.3) is 0 Å². The molecule has 0 bridgehead atoms. The fraction of sp³-hybridized carbons (Fsp3) is 0.333. The number of hydrogen-bond donors (Lipinski definition) is 0. The van der Waals surface area contributed by atoms with Crippen molar-refractivity contribution >= 4 is 11.3 Å². The molecule has 0 saturated carbocycles. The van der Waals surface area contributed by atoms with E-state index < -0.39 is 0 Å². The molecule has 0 aliphatic rings. The molecule has 0 saturated heterocycles. The number of nitrogens with zero attached hydrogens (tertiary/aromatic N) is 3. The minimum absolute atomic E-state index is 0.848. The summed E-state index contributed by atoms with van der Waals surface area (Å²) in [5.41, 5.74) is 0. The molecule has 0 spiro atoms. The molecular weight excluding hydrogens is 182 g/mol. The van der Waals surface area contributed by atoms with Gasteiger partial charge in [0.2, 0.25) is 0 Å². The molecule has 0 fully saturated rings. The van der Waals surface area contributed by atoms with Gasteiger partial charge < -0.3 is 4.57 Å². The van der Waals surface area contributed by atoms with E-state index in [0.717, 1.165) is 23.8 Å². The van der Waals surface area contributed by atoms with Crippen molar-refractivity contribution in [1.29, 1.82) is 0 Å². The second-order valence-corrected chi connectivity index (χ2v) is 3.73. The molecule has 0 aliphatic heterocycles. The fourth-order valence-electron chi connectivity index (χ4n) is 1.28. The van der Waals surface area contributed by atoms with Crippen molar-refractivity contribution < 1.29 is 0 Å². The van der Waals surface area contributed by atoms with Crippen molar-refractivity contribution in [3.05, 3.63) is 34.8 Å². The van der Waals surface area contributed by atoms with Crippen molar-refractivity contribution in [3.63, 3.8) is 0 Å². The van der Waals surface area contributed by atoms with Crippen molar-refractivity contribution in [2.24, 2.45) is 0 Å². The summed E-state index contributed by atoms with van der Waals surface area (Å²) in [5, 5.41) is 3.13. The summed E-state index contributed by atoms with van der Waals surface area (Å²) >= 11 is 1.68. The highest BCUT2D eigenvalue weighted by molar-refractivity contribution is 7.09. The topological polar surface area (TPSA) is 30.7 Å². The summed E-state index contributed by atoms with van der Waals surface area (Å²) in [7, 11) is 0. The quantitative estimate of drug-likeness (QED) is 0.746. The maximum absolute atomic E-state index is 4.26.